The van der Waals surface area contributed by atoms with E-state index in [1.807, 2.05) is 42.5 Å². The van der Waals surface area contributed by atoms with Gasteiger partial charge in [0.25, 0.3) is 11.8 Å². The predicted molar refractivity (Wildman–Crippen MR) is 116 cm³/mol. The molecule has 2 N–H and O–H groups in total. The van der Waals surface area contributed by atoms with Crippen LogP contribution in [0.5, 0.6) is 0 Å². The van der Waals surface area contributed by atoms with Gasteiger partial charge in [-0.2, -0.15) is 5.26 Å². The van der Waals surface area contributed by atoms with E-state index in [0.717, 1.165) is 16.2 Å². The SMILES string of the molecule is Cc1nc(C(=O)NNC(=O)c2ccc(CSc3ccc(Cl)cc3)cc2)ccc1C#N. The van der Waals surface area contributed by atoms with Gasteiger partial charge >= 0.3 is 0 Å². The lowest BCUT2D eigenvalue weighted by Gasteiger charge is -2.08. The Bertz CT molecular complexity index is 1110. The topological polar surface area (TPSA) is 94.9 Å². The Hall–Kier alpha value is -3.34. The van der Waals surface area contributed by atoms with Crippen molar-refractivity contribution in [3.05, 3.63) is 93.8 Å². The fourth-order valence-corrected chi connectivity index (χ4v) is 3.49. The summed E-state index contributed by atoms with van der Waals surface area (Å²) in [7, 11) is 0. The first-order valence-corrected chi connectivity index (χ1v) is 10.3. The standard InChI is InChI=1S/C22H17ClN4O2S/c1-14-17(12-24)6-11-20(25-14)22(29)27-26-21(28)16-4-2-15(3-5-16)13-30-19-9-7-18(23)8-10-19/h2-11H,13H2,1H3,(H,26,28)(H,27,29). The zero-order chi connectivity index (χ0) is 21.5. The lowest BCUT2D eigenvalue weighted by Crippen LogP contribution is -2.42. The van der Waals surface area contributed by atoms with E-state index in [2.05, 4.69) is 15.8 Å². The van der Waals surface area contributed by atoms with E-state index in [1.165, 1.54) is 12.1 Å². The van der Waals surface area contributed by atoms with E-state index in [1.54, 1.807) is 30.8 Å². The molecule has 0 saturated heterocycles. The molecule has 0 aliphatic heterocycles. The number of thioether (sulfide) groups is 1. The number of rotatable bonds is 5. The highest BCUT2D eigenvalue weighted by Crippen LogP contribution is 2.24. The van der Waals surface area contributed by atoms with Crippen LogP contribution >= 0.6 is 23.4 Å². The van der Waals surface area contributed by atoms with Gasteiger partial charge < -0.3 is 0 Å². The van der Waals surface area contributed by atoms with Crippen molar-refractivity contribution in [2.75, 3.05) is 0 Å². The molecule has 1 heterocycles. The Morgan fingerprint density at radius 3 is 2.30 bits per heavy atom. The first-order valence-electron chi connectivity index (χ1n) is 8.92. The van der Waals surface area contributed by atoms with Gasteiger partial charge in [-0.05, 0) is 61.0 Å². The van der Waals surface area contributed by atoms with E-state index in [9.17, 15) is 9.59 Å². The number of pyridine rings is 1. The number of carbonyl (C=O) groups is 2. The number of aromatic nitrogens is 1. The van der Waals surface area contributed by atoms with Crippen LogP contribution in [0.15, 0.2) is 65.6 Å². The average Bonchev–Trinajstić information content (AvgIpc) is 2.77. The molecular weight excluding hydrogens is 420 g/mol. The molecule has 6 nitrogen and oxygen atoms in total. The Morgan fingerprint density at radius 2 is 1.67 bits per heavy atom. The predicted octanol–water partition coefficient (Wildman–Crippen LogP) is 4.28. The average molecular weight is 437 g/mol. The van der Waals surface area contributed by atoms with Crippen LogP contribution in [0.1, 0.15) is 37.7 Å². The van der Waals surface area contributed by atoms with Gasteiger partial charge in [-0.3, -0.25) is 20.4 Å². The van der Waals surface area contributed by atoms with Gasteiger partial charge in [0.1, 0.15) is 11.8 Å². The summed E-state index contributed by atoms with van der Waals surface area (Å²) in [6, 6.07) is 19.7. The van der Waals surface area contributed by atoms with Crippen molar-refractivity contribution in [2.45, 2.75) is 17.6 Å². The van der Waals surface area contributed by atoms with Gasteiger partial charge in [-0.25, -0.2) is 4.98 Å². The molecule has 0 radical (unpaired) electrons. The first-order chi connectivity index (χ1) is 14.5. The maximum Gasteiger partial charge on any atom is 0.288 e. The zero-order valence-electron chi connectivity index (χ0n) is 16.0. The summed E-state index contributed by atoms with van der Waals surface area (Å²) in [6.07, 6.45) is 0. The van der Waals surface area contributed by atoms with E-state index in [4.69, 9.17) is 16.9 Å². The largest absolute Gasteiger partial charge is 0.288 e. The van der Waals surface area contributed by atoms with Crippen LogP contribution < -0.4 is 10.9 Å². The van der Waals surface area contributed by atoms with Crippen LogP contribution in [0.2, 0.25) is 5.02 Å². The molecule has 2 aromatic carbocycles. The van der Waals surface area contributed by atoms with E-state index >= 15 is 0 Å². The molecule has 0 aliphatic rings. The van der Waals surface area contributed by atoms with Gasteiger partial charge in [0.2, 0.25) is 0 Å². The summed E-state index contributed by atoms with van der Waals surface area (Å²) >= 11 is 7.56. The van der Waals surface area contributed by atoms with Crippen LogP contribution in [0.25, 0.3) is 0 Å². The maximum atomic E-state index is 12.3. The molecule has 0 bridgehead atoms. The number of nitrogens with one attached hydrogen (secondary N) is 2. The minimum absolute atomic E-state index is 0.112. The summed E-state index contributed by atoms with van der Waals surface area (Å²) in [6.45, 7) is 1.64. The molecular formula is C22H17ClN4O2S. The van der Waals surface area contributed by atoms with E-state index in [0.29, 0.717) is 21.8 Å². The summed E-state index contributed by atoms with van der Waals surface area (Å²) in [5, 5.41) is 9.62. The Morgan fingerprint density at radius 1 is 1.00 bits per heavy atom. The molecule has 0 atom stereocenters. The highest BCUT2D eigenvalue weighted by Gasteiger charge is 2.12. The lowest BCUT2D eigenvalue weighted by molar-refractivity contribution is 0.0844. The van der Waals surface area contributed by atoms with Crippen LogP contribution in [0.3, 0.4) is 0 Å². The minimum atomic E-state index is -0.563. The number of amides is 2. The molecule has 2 amide bonds. The molecule has 1 aromatic heterocycles. The molecule has 30 heavy (non-hydrogen) atoms. The summed E-state index contributed by atoms with van der Waals surface area (Å²) in [5.74, 6) is -0.248. The number of carbonyl (C=O) groups excluding carboxylic acids is 2. The van der Waals surface area contributed by atoms with Gasteiger partial charge in [0.05, 0.1) is 11.3 Å². The number of hydrogen-bond acceptors (Lipinski definition) is 5. The smallest absolute Gasteiger partial charge is 0.267 e. The lowest BCUT2D eigenvalue weighted by atomic mass is 10.1. The van der Waals surface area contributed by atoms with Crippen molar-refractivity contribution in [3.63, 3.8) is 0 Å². The Balaban J connectivity index is 1.53. The quantitative estimate of drug-likeness (QED) is 0.459. The molecule has 0 fully saturated rings. The molecule has 8 heteroatoms. The highest BCUT2D eigenvalue weighted by molar-refractivity contribution is 7.98. The molecule has 3 rings (SSSR count). The number of hydrazine groups is 1. The fraction of sp³-hybridized carbons (Fsp3) is 0.0909. The fourth-order valence-electron chi connectivity index (χ4n) is 2.51. The third-order valence-corrected chi connectivity index (χ3v) is 5.50. The van der Waals surface area contributed by atoms with Gasteiger partial charge in [-0.15, -0.1) is 11.8 Å². The second kappa shape index (κ2) is 9.92. The van der Waals surface area contributed by atoms with Gasteiger partial charge in [0.15, 0.2) is 0 Å². The number of benzene rings is 2. The normalized spacial score (nSPS) is 10.2. The van der Waals surface area contributed by atoms with Crippen molar-refractivity contribution < 1.29 is 9.59 Å². The van der Waals surface area contributed by atoms with Gasteiger partial charge in [-0.1, -0.05) is 23.7 Å². The third kappa shape index (κ3) is 5.60. The molecule has 0 saturated carbocycles. The molecule has 3 aromatic rings. The molecule has 150 valence electrons. The second-order valence-electron chi connectivity index (χ2n) is 6.29. The number of nitriles is 1. The summed E-state index contributed by atoms with van der Waals surface area (Å²) in [5.41, 5.74) is 7.13. The number of nitrogens with zero attached hydrogens (tertiary/aromatic N) is 2. The van der Waals surface area contributed by atoms with Crippen molar-refractivity contribution >= 4 is 35.2 Å². The van der Waals surface area contributed by atoms with Crippen molar-refractivity contribution in [2.24, 2.45) is 0 Å². The monoisotopic (exact) mass is 436 g/mol. The maximum absolute atomic E-state index is 12.3. The second-order valence-corrected chi connectivity index (χ2v) is 7.77. The van der Waals surface area contributed by atoms with Crippen molar-refractivity contribution in [1.29, 1.82) is 5.26 Å². The van der Waals surface area contributed by atoms with Crippen molar-refractivity contribution in [1.82, 2.24) is 15.8 Å². The van der Waals surface area contributed by atoms with Crippen LogP contribution in [-0.4, -0.2) is 16.8 Å². The molecule has 0 spiro atoms. The number of hydrogen-bond donors (Lipinski definition) is 2. The summed E-state index contributed by atoms with van der Waals surface area (Å²) < 4.78 is 0. The first kappa shape index (κ1) is 21.4. The third-order valence-electron chi connectivity index (χ3n) is 4.16. The van der Waals surface area contributed by atoms with Crippen LogP contribution in [-0.2, 0) is 5.75 Å². The van der Waals surface area contributed by atoms with Crippen LogP contribution in [0.4, 0.5) is 0 Å². The van der Waals surface area contributed by atoms with E-state index < -0.39 is 11.8 Å². The number of aryl methyl sites for hydroxylation is 1. The number of halogens is 1. The highest BCUT2D eigenvalue weighted by atomic mass is 35.5. The molecule has 0 unspecified atom stereocenters. The zero-order valence-corrected chi connectivity index (χ0v) is 17.6. The minimum Gasteiger partial charge on any atom is -0.267 e. The molecule has 0 aliphatic carbocycles. The summed E-state index contributed by atoms with van der Waals surface area (Å²) in [4.78, 5) is 29.6. The Kier molecular flexibility index (Phi) is 7.07. The van der Waals surface area contributed by atoms with Gasteiger partial charge in [0, 0.05) is 21.2 Å². The van der Waals surface area contributed by atoms with E-state index in [-0.39, 0.29) is 5.69 Å². The van der Waals surface area contributed by atoms with Crippen molar-refractivity contribution in [3.8, 4) is 6.07 Å². The Labute approximate surface area is 183 Å². The van der Waals surface area contributed by atoms with Crippen LogP contribution in [0, 0.1) is 18.3 Å².